The number of halogens is 1. The minimum absolute atomic E-state index is 0.114. The fourth-order valence-electron chi connectivity index (χ4n) is 2.01. The highest BCUT2D eigenvalue weighted by Crippen LogP contribution is 2.36. The molecular weight excluding hydrogens is 306 g/mol. The number of benzene rings is 1. The summed E-state index contributed by atoms with van der Waals surface area (Å²) in [5, 5.41) is 17.7. The van der Waals surface area contributed by atoms with Gasteiger partial charge in [-0.3, -0.25) is 0 Å². The summed E-state index contributed by atoms with van der Waals surface area (Å²) in [6.07, 6.45) is -1.67. The van der Waals surface area contributed by atoms with Crippen molar-refractivity contribution >= 4 is 18.6 Å². The minimum Gasteiger partial charge on any atom is -0.490 e. The van der Waals surface area contributed by atoms with E-state index < -0.39 is 42.8 Å². The summed E-state index contributed by atoms with van der Waals surface area (Å²) in [6.45, 7) is 7.02. The van der Waals surface area contributed by atoms with Gasteiger partial charge in [0.05, 0.1) is 11.2 Å². The molecule has 1 aliphatic rings. The van der Waals surface area contributed by atoms with Crippen molar-refractivity contribution in [1.29, 1.82) is 0 Å². The van der Waals surface area contributed by atoms with E-state index in [-0.39, 0.29) is 11.2 Å². The molecule has 0 amide bonds. The van der Waals surface area contributed by atoms with Crippen LogP contribution in [-0.4, -0.2) is 47.2 Å². The van der Waals surface area contributed by atoms with Crippen LogP contribution in [0.1, 0.15) is 27.7 Å². The molecule has 2 N–H and O–H groups in total. The van der Waals surface area contributed by atoms with E-state index in [1.807, 2.05) is 27.7 Å². The van der Waals surface area contributed by atoms with Crippen molar-refractivity contribution in [2.24, 2.45) is 0 Å². The molecule has 8 heteroatoms. The standard InChI is InChI=1S/C15H20BFO6/c1-14(2)15(3,4)23-16(22-14)10-6-5-9(7-11(10)17)21-8-12(18)13(19)20/h5-7,12,18H,8H2,1-4H3,(H,19,20)/t12-/m1/s1. The summed E-state index contributed by atoms with van der Waals surface area (Å²) < 4.78 is 30.9. The number of ether oxygens (including phenoxy) is 1. The monoisotopic (exact) mass is 326 g/mol. The van der Waals surface area contributed by atoms with Gasteiger partial charge < -0.3 is 24.3 Å². The number of aliphatic hydroxyl groups excluding tert-OH is 1. The Balaban J connectivity index is 2.10. The topological polar surface area (TPSA) is 85.2 Å². The molecule has 1 aliphatic heterocycles. The third kappa shape index (κ3) is 3.65. The van der Waals surface area contributed by atoms with Gasteiger partial charge in [-0.1, -0.05) is 6.07 Å². The number of carboxylic acid groups (broad SMARTS) is 1. The first-order valence-electron chi connectivity index (χ1n) is 7.22. The first kappa shape index (κ1) is 17.7. The molecule has 1 aromatic rings. The maximum Gasteiger partial charge on any atom is 0.497 e. The summed E-state index contributed by atoms with van der Waals surface area (Å²) in [7, 11) is -0.835. The van der Waals surface area contributed by atoms with Gasteiger partial charge in [-0.25, -0.2) is 9.18 Å². The molecule has 0 unspecified atom stereocenters. The first-order chi connectivity index (χ1) is 10.5. The molecule has 2 rings (SSSR count). The highest BCUT2D eigenvalue weighted by Gasteiger charge is 2.52. The van der Waals surface area contributed by atoms with Crippen LogP contribution in [0.25, 0.3) is 0 Å². The Bertz CT molecular complexity index is 588. The second-order valence-corrected chi connectivity index (χ2v) is 6.44. The number of aliphatic carboxylic acids is 1. The summed E-state index contributed by atoms with van der Waals surface area (Å²) in [5.74, 6) is -1.88. The molecule has 1 saturated heterocycles. The molecule has 0 aromatic heterocycles. The Labute approximate surface area is 134 Å². The van der Waals surface area contributed by atoms with E-state index in [0.717, 1.165) is 6.07 Å². The molecule has 0 bridgehead atoms. The van der Waals surface area contributed by atoms with Crippen molar-refractivity contribution in [1.82, 2.24) is 0 Å². The van der Waals surface area contributed by atoms with Gasteiger partial charge in [0, 0.05) is 11.5 Å². The van der Waals surface area contributed by atoms with E-state index >= 15 is 0 Å². The molecule has 23 heavy (non-hydrogen) atoms. The number of rotatable bonds is 5. The van der Waals surface area contributed by atoms with Gasteiger partial charge in [0.2, 0.25) is 0 Å². The number of hydrogen-bond acceptors (Lipinski definition) is 5. The van der Waals surface area contributed by atoms with Crippen molar-refractivity contribution in [2.45, 2.75) is 45.0 Å². The van der Waals surface area contributed by atoms with Crippen molar-refractivity contribution in [3.63, 3.8) is 0 Å². The fourth-order valence-corrected chi connectivity index (χ4v) is 2.01. The van der Waals surface area contributed by atoms with E-state index in [0.29, 0.717) is 0 Å². The predicted molar refractivity (Wildman–Crippen MR) is 81.3 cm³/mol. The third-order valence-corrected chi connectivity index (χ3v) is 4.17. The Morgan fingerprint density at radius 3 is 2.35 bits per heavy atom. The molecule has 0 aliphatic carbocycles. The molecule has 0 saturated carbocycles. The minimum atomic E-state index is -1.67. The predicted octanol–water partition coefficient (Wildman–Crippen LogP) is 0.949. The normalized spacial score (nSPS) is 20.3. The fraction of sp³-hybridized carbons (Fsp3) is 0.533. The number of carbonyl (C=O) groups is 1. The van der Waals surface area contributed by atoms with Crippen molar-refractivity contribution in [2.75, 3.05) is 6.61 Å². The average molecular weight is 326 g/mol. The summed E-state index contributed by atoms with van der Waals surface area (Å²) in [4.78, 5) is 10.5. The smallest absolute Gasteiger partial charge is 0.490 e. The molecular formula is C15H20BFO6. The van der Waals surface area contributed by atoms with Crippen LogP contribution in [0.4, 0.5) is 4.39 Å². The molecule has 1 fully saturated rings. The summed E-state index contributed by atoms with van der Waals surface area (Å²) >= 11 is 0. The van der Waals surface area contributed by atoms with E-state index in [4.69, 9.17) is 24.3 Å². The highest BCUT2D eigenvalue weighted by atomic mass is 19.1. The van der Waals surface area contributed by atoms with Crippen LogP contribution in [0, 0.1) is 5.82 Å². The van der Waals surface area contributed by atoms with Gasteiger partial charge in [-0.2, -0.15) is 0 Å². The van der Waals surface area contributed by atoms with Crippen LogP contribution in [-0.2, 0) is 14.1 Å². The van der Waals surface area contributed by atoms with Crippen LogP contribution in [0.2, 0.25) is 0 Å². The van der Waals surface area contributed by atoms with Gasteiger partial charge in [0.1, 0.15) is 18.2 Å². The maximum atomic E-state index is 14.3. The van der Waals surface area contributed by atoms with Crippen LogP contribution >= 0.6 is 0 Å². The van der Waals surface area contributed by atoms with E-state index in [1.165, 1.54) is 12.1 Å². The Morgan fingerprint density at radius 2 is 1.87 bits per heavy atom. The zero-order chi connectivity index (χ0) is 17.4. The Hall–Kier alpha value is -1.64. The molecule has 1 heterocycles. The SMILES string of the molecule is CC1(C)OB(c2ccc(OC[C@@H](O)C(=O)O)cc2F)OC1(C)C. The lowest BCUT2D eigenvalue weighted by molar-refractivity contribution is -0.148. The average Bonchev–Trinajstić information content (AvgIpc) is 2.64. The van der Waals surface area contributed by atoms with Gasteiger partial charge in [-0.15, -0.1) is 0 Å². The molecule has 126 valence electrons. The largest absolute Gasteiger partial charge is 0.497 e. The van der Waals surface area contributed by atoms with Gasteiger partial charge >= 0.3 is 13.1 Å². The first-order valence-corrected chi connectivity index (χ1v) is 7.22. The van der Waals surface area contributed by atoms with Crippen molar-refractivity contribution in [3.05, 3.63) is 24.0 Å². The third-order valence-electron chi connectivity index (χ3n) is 4.17. The quantitative estimate of drug-likeness (QED) is 0.784. The van der Waals surface area contributed by atoms with E-state index in [1.54, 1.807) is 0 Å². The zero-order valence-corrected chi connectivity index (χ0v) is 13.5. The van der Waals surface area contributed by atoms with E-state index in [9.17, 15) is 9.18 Å². The summed E-state index contributed by atoms with van der Waals surface area (Å²) in [5.41, 5.74) is -0.926. The maximum absolute atomic E-state index is 14.3. The van der Waals surface area contributed by atoms with Gasteiger partial charge in [0.25, 0.3) is 0 Å². The highest BCUT2D eigenvalue weighted by molar-refractivity contribution is 6.62. The molecule has 1 atom stereocenters. The molecule has 6 nitrogen and oxygen atoms in total. The number of aliphatic hydroxyl groups is 1. The Kier molecular flexibility index (Phi) is 4.70. The van der Waals surface area contributed by atoms with Gasteiger partial charge in [-0.05, 0) is 33.8 Å². The van der Waals surface area contributed by atoms with Crippen LogP contribution < -0.4 is 10.2 Å². The second-order valence-electron chi connectivity index (χ2n) is 6.44. The van der Waals surface area contributed by atoms with Crippen molar-refractivity contribution in [3.8, 4) is 5.75 Å². The van der Waals surface area contributed by atoms with E-state index in [2.05, 4.69) is 0 Å². The number of hydrogen-bond donors (Lipinski definition) is 2. The second kappa shape index (κ2) is 6.11. The van der Waals surface area contributed by atoms with Crippen LogP contribution in [0.5, 0.6) is 5.75 Å². The lowest BCUT2D eigenvalue weighted by Gasteiger charge is -2.32. The summed E-state index contributed by atoms with van der Waals surface area (Å²) in [6, 6.07) is 4.03. The molecule has 1 aromatic carbocycles. The molecule has 0 radical (unpaired) electrons. The van der Waals surface area contributed by atoms with Crippen LogP contribution in [0.15, 0.2) is 18.2 Å². The Morgan fingerprint density at radius 1 is 1.30 bits per heavy atom. The lowest BCUT2D eigenvalue weighted by Crippen LogP contribution is -2.41. The zero-order valence-electron chi connectivity index (χ0n) is 13.5. The molecule has 0 spiro atoms. The van der Waals surface area contributed by atoms with Crippen molar-refractivity contribution < 1.29 is 33.4 Å². The number of carboxylic acids is 1. The van der Waals surface area contributed by atoms with Crippen LogP contribution in [0.3, 0.4) is 0 Å². The van der Waals surface area contributed by atoms with Gasteiger partial charge in [0.15, 0.2) is 6.10 Å². The lowest BCUT2D eigenvalue weighted by atomic mass is 9.78.